The Morgan fingerprint density at radius 1 is 1.26 bits per heavy atom. The number of nitrogens with zero attached hydrogens (tertiary/aromatic N) is 3. The van der Waals surface area contributed by atoms with E-state index in [1.54, 1.807) is 16.9 Å². The Balaban J connectivity index is 1.82. The molecular weight excluding hydrogens is 298 g/mol. The zero-order valence-electron chi connectivity index (χ0n) is 12.7. The highest BCUT2D eigenvalue weighted by atomic mass is 19.1. The lowest BCUT2D eigenvalue weighted by molar-refractivity contribution is 0.426. The topological polar surface area (TPSA) is 46.5 Å². The molecule has 1 N–H and O–H groups in total. The first-order valence-electron chi connectivity index (χ1n) is 8.04. The number of nitrogens with one attached hydrogen (secondary N) is 1. The minimum Gasteiger partial charge on any atom is -0.360 e. The van der Waals surface area contributed by atoms with Crippen molar-refractivity contribution in [2.45, 2.75) is 38.1 Å². The Hall–Kier alpha value is -2.24. The SMILES string of the molecule is FCCn1nc(C2CCCC2)nc1-c1c[nH]c2cc(F)ccc12. The average Bonchev–Trinajstić information content (AvgIpc) is 3.25. The third-order valence-electron chi connectivity index (χ3n) is 4.59. The molecule has 4 rings (SSSR count). The first-order chi connectivity index (χ1) is 11.3. The van der Waals surface area contributed by atoms with Crippen LogP contribution in [-0.2, 0) is 6.54 Å². The summed E-state index contributed by atoms with van der Waals surface area (Å²) < 4.78 is 27.9. The fourth-order valence-electron chi connectivity index (χ4n) is 3.44. The molecule has 23 heavy (non-hydrogen) atoms. The van der Waals surface area contributed by atoms with Crippen molar-refractivity contribution in [3.8, 4) is 11.4 Å². The standard InChI is InChI=1S/C17H18F2N4/c18-7-8-23-17(21-16(22-23)11-3-1-2-4-11)14-10-20-15-9-12(19)5-6-13(14)15/h5-6,9-11,20H,1-4,7-8H2. The highest BCUT2D eigenvalue weighted by Crippen LogP contribution is 2.34. The van der Waals surface area contributed by atoms with Crippen LogP contribution in [0, 0.1) is 5.82 Å². The number of hydrogen-bond acceptors (Lipinski definition) is 2. The second kappa shape index (κ2) is 5.76. The Kier molecular flexibility index (Phi) is 3.59. The van der Waals surface area contributed by atoms with Crippen LogP contribution in [0.3, 0.4) is 0 Å². The third-order valence-corrected chi connectivity index (χ3v) is 4.59. The lowest BCUT2D eigenvalue weighted by Crippen LogP contribution is -2.05. The number of hydrogen-bond donors (Lipinski definition) is 1. The van der Waals surface area contributed by atoms with Crippen LogP contribution in [-0.4, -0.2) is 26.4 Å². The van der Waals surface area contributed by atoms with Crippen molar-refractivity contribution in [3.63, 3.8) is 0 Å². The number of aryl methyl sites for hydroxylation is 1. The molecule has 1 aliphatic rings. The van der Waals surface area contributed by atoms with Gasteiger partial charge in [-0.15, -0.1) is 0 Å². The lowest BCUT2D eigenvalue weighted by Gasteiger charge is -2.02. The minimum atomic E-state index is -0.489. The number of alkyl halides is 1. The first-order valence-corrected chi connectivity index (χ1v) is 8.04. The number of rotatable bonds is 4. The van der Waals surface area contributed by atoms with Crippen LogP contribution in [0.5, 0.6) is 0 Å². The predicted molar refractivity (Wildman–Crippen MR) is 84.5 cm³/mol. The van der Waals surface area contributed by atoms with E-state index in [1.807, 2.05) is 0 Å². The molecule has 0 radical (unpaired) electrons. The van der Waals surface area contributed by atoms with E-state index in [-0.39, 0.29) is 12.4 Å². The number of H-pyrrole nitrogens is 1. The van der Waals surface area contributed by atoms with Crippen LogP contribution < -0.4 is 0 Å². The number of aromatic amines is 1. The summed E-state index contributed by atoms with van der Waals surface area (Å²) in [6.45, 7) is -0.305. The lowest BCUT2D eigenvalue weighted by atomic mass is 10.1. The molecule has 0 saturated heterocycles. The van der Waals surface area contributed by atoms with Crippen molar-refractivity contribution in [3.05, 3.63) is 36.0 Å². The highest BCUT2D eigenvalue weighted by molar-refractivity contribution is 5.93. The largest absolute Gasteiger partial charge is 0.360 e. The number of halogens is 2. The van der Waals surface area contributed by atoms with Crippen LogP contribution in [0.2, 0.25) is 0 Å². The van der Waals surface area contributed by atoms with Crippen molar-refractivity contribution >= 4 is 10.9 Å². The molecule has 1 aromatic carbocycles. The summed E-state index contributed by atoms with van der Waals surface area (Å²) in [6.07, 6.45) is 6.38. The zero-order chi connectivity index (χ0) is 15.8. The summed E-state index contributed by atoms with van der Waals surface area (Å²) in [6, 6.07) is 4.60. The maximum atomic E-state index is 13.4. The van der Waals surface area contributed by atoms with E-state index in [0.29, 0.717) is 17.3 Å². The van der Waals surface area contributed by atoms with E-state index in [2.05, 4.69) is 10.1 Å². The number of fused-ring (bicyclic) bond motifs is 1. The minimum absolute atomic E-state index is 0.183. The predicted octanol–water partition coefficient (Wildman–Crippen LogP) is 4.19. The van der Waals surface area contributed by atoms with Gasteiger partial charge in [-0.05, 0) is 31.0 Å². The normalized spacial score (nSPS) is 15.7. The van der Waals surface area contributed by atoms with Gasteiger partial charge in [-0.1, -0.05) is 12.8 Å². The van der Waals surface area contributed by atoms with Crippen molar-refractivity contribution in [1.29, 1.82) is 0 Å². The third kappa shape index (κ3) is 2.52. The summed E-state index contributed by atoms with van der Waals surface area (Å²) in [7, 11) is 0. The second-order valence-corrected chi connectivity index (χ2v) is 6.08. The fourth-order valence-corrected chi connectivity index (χ4v) is 3.44. The van der Waals surface area contributed by atoms with Gasteiger partial charge < -0.3 is 4.98 Å². The van der Waals surface area contributed by atoms with Crippen molar-refractivity contribution in [1.82, 2.24) is 19.7 Å². The van der Waals surface area contributed by atoms with E-state index in [1.165, 1.54) is 25.0 Å². The molecule has 0 bridgehead atoms. The van der Waals surface area contributed by atoms with E-state index in [0.717, 1.165) is 29.6 Å². The molecule has 4 nitrogen and oxygen atoms in total. The molecule has 2 heterocycles. The van der Waals surface area contributed by atoms with Gasteiger partial charge in [0.2, 0.25) is 0 Å². The molecule has 3 aromatic rings. The molecule has 2 aromatic heterocycles. The zero-order valence-corrected chi connectivity index (χ0v) is 12.7. The summed E-state index contributed by atoms with van der Waals surface area (Å²) in [5, 5.41) is 5.41. The van der Waals surface area contributed by atoms with E-state index in [9.17, 15) is 8.78 Å². The van der Waals surface area contributed by atoms with Crippen LogP contribution in [0.1, 0.15) is 37.4 Å². The molecule has 0 spiro atoms. The Bertz CT molecular complexity index is 830. The average molecular weight is 316 g/mol. The van der Waals surface area contributed by atoms with Gasteiger partial charge in [-0.3, -0.25) is 0 Å². The molecule has 1 aliphatic carbocycles. The fraction of sp³-hybridized carbons (Fsp3) is 0.412. The second-order valence-electron chi connectivity index (χ2n) is 6.08. The summed E-state index contributed by atoms with van der Waals surface area (Å²) >= 11 is 0. The van der Waals surface area contributed by atoms with Crippen molar-refractivity contribution in [2.24, 2.45) is 0 Å². The first kappa shape index (κ1) is 14.4. The summed E-state index contributed by atoms with van der Waals surface area (Å²) in [5.74, 6) is 1.55. The highest BCUT2D eigenvalue weighted by Gasteiger charge is 2.24. The molecule has 0 unspecified atom stereocenters. The maximum Gasteiger partial charge on any atom is 0.160 e. The Morgan fingerprint density at radius 3 is 2.87 bits per heavy atom. The molecule has 0 amide bonds. The van der Waals surface area contributed by atoms with Gasteiger partial charge in [-0.25, -0.2) is 18.4 Å². The summed E-state index contributed by atoms with van der Waals surface area (Å²) in [4.78, 5) is 7.76. The van der Waals surface area contributed by atoms with Gasteiger partial charge in [-0.2, -0.15) is 5.10 Å². The van der Waals surface area contributed by atoms with Gasteiger partial charge in [0, 0.05) is 28.6 Å². The molecule has 120 valence electrons. The quantitative estimate of drug-likeness (QED) is 0.784. The van der Waals surface area contributed by atoms with E-state index in [4.69, 9.17) is 4.98 Å². The Labute approximate surface area is 132 Å². The number of benzene rings is 1. The monoisotopic (exact) mass is 316 g/mol. The van der Waals surface area contributed by atoms with Crippen LogP contribution >= 0.6 is 0 Å². The van der Waals surface area contributed by atoms with E-state index >= 15 is 0 Å². The summed E-state index contributed by atoms with van der Waals surface area (Å²) in [5.41, 5.74) is 1.54. The van der Waals surface area contributed by atoms with Crippen molar-refractivity contribution < 1.29 is 8.78 Å². The van der Waals surface area contributed by atoms with Crippen LogP contribution in [0.4, 0.5) is 8.78 Å². The van der Waals surface area contributed by atoms with Crippen LogP contribution in [0.25, 0.3) is 22.3 Å². The van der Waals surface area contributed by atoms with Gasteiger partial charge in [0.15, 0.2) is 11.6 Å². The van der Waals surface area contributed by atoms with Gasteiger partial charge in [0.25, 0.3) is 0 Å². The maximum absolute atomic E-state index is 13.4. The number of aromatic nitrogens is 4. The van der Waals surface area contributed by atoms with E-state index < -0.39 is 6.67 Å². The molecule has 1 fully saturated rings. The van der Waals surface area contributed by atoms with Gasteiger partial charge in [0.05, 0.1) is 6.54 Å². The van der Waals surface area contributed by atoms with Crippen LogP contribution in [0.15, 0.2) is 24.4 Å². The van der Waals surface area contributed by atoms with Gasteiger partial charge >= 0.3 is 0 Å². The molecule has 0 aliphatic heterocycles. The van der Waals surface area contributed by atoms with Crippen molar-refractivity contribution in [2.75, 3.05) is 6.67 Å². The van der Waals surface area contributed by atoms with Gasteiger partial charge in [0.1, 0.15) is 12.5 Å². The Morgan fingerprint density at radius 2 is 2.09 bits per heavy atom. The smallest absolute Gasteiger partial charge is 0.160 e. The molecule has 6 heteroatoms. The molecule has 0 atom stereocenters. The molecule has 1 saturated carbocycles. The molecular formula is C17H18F2N4.